The number of hydrogen-bond donors (Lipinski definition) is 2. The molecule has 106 valence electrons. The lowest BCUT2D eigenvalue weighted by molar-refractivity contribution is 0.0952. The Hall–Kier alpha value is -1.56. The van der Waals surface area contributed by atoms with Gasteiger partial charge in [0, 0.05) is 28.9 Å². The van der Waals surface area contributed by atoms with Crippen LogP contribution in [0, 0.1) is 0 Å². The molecule has 1 aromatic carbocycles. The Kier molecular flexibility index (Phi) is 6.35. The first kappa shape index (κ1) is 15.5. The number of amides is 1. The van der Waals surface area contributed by atoms with Gasteiger partial charge in [-0.1, -0.05) is 13.0 Å². The van der Waals surface area contributed by atoms with Crippen LogP contribution in [0.1, 0.15) is 24.2 Å². The van der Waals surface area contributed by atoms with Crippen LogP contribution in [0.25, 0.3) is 0 Å². The van der Waals surface area contributed by atoms with Crippen LogP contribution in [-0.4, -0.2) is 34.8 Å². The van der Waals surface area contributed by atoms with Gasteiger partial charge in [0.2, 0.25) is 0 Å². The molecule has 0 aliphatic rings. The summed E-state index contributed by atoms with van der Waals surface area (Å²) in [5, 5.41) is 2.72. The van der Waals surface area contributed by atoms with E-state index in [4.69, 9.17) is 10.5 Å². The van der Waals surface area contributed by atoms with Gasteiger partial charge in [-0.25, -0.2) is 0 Å². The highest BCUT2D eigenvalue weighted by Crippen LogP contribution is 2.26. The molecule has 1 aromatic rings. The predicted molar refractivity (Wildman–Crippen MR) is 77.9 cm³/mol. The first-order chi connectivity index (χ1) is 9.10. The van der Waals surface area contributed by atoms with E-state index >= 15 is 0 Å². The van der Waals surface area contributed by atoms with Crippen molar-refractivity contribution in [2.24, 2.45) is 0 Å². The number of ether oxygens (including phenoxy) is 1. The van der Waals surface area contributed by atoms with Crippen molar-refractivity contribution in [3.8, 4) is 5.75 Å². The molecule has 0 aromatic heterocycles. The van der Waals surface area contributed by atoms with E-state index in [9.17, 15) is 9.00 Å². The summed E-state index contributed by atoms with van der Waals surface area (Å²) in [4.78, 5) is 12.0. The maximum Gasteiger partial charge on any atom is 0.255 e. The van der Waals surface area contributed by atoms with Crippen LogP contribution in [0.3, 0.4) is 0 Å². The highest BCUT2D eigenvalue weighted by Gasteiger charge is 2.14. The summed E-state index contributed by atoms with van der Waals surface area (Å²) in [6, 6.07) is 5.05. The molecular formula is C13H20N2O3S. The molecule has 0 saturated heterocycles. The second-order valence-corrected chi connectivity index (χ2v) is 5.71. The highest BCUT2D eigenvalue weighted by molar-refractivity contribution is 7.84. The van der Waals surface area contributed by atoms with Crippen molar-refractivity contribution in [3.63, 3.8) is 0 Å². The van der Waals surface area contributed by atoms with Gasteiger partial charge in [-0.15, -0.1) is 0 Å². The Morgan fingerprint density at radius 3 is 2.79 bits per heavy atom. The number of rotatable bonds is 7. The topological polar surface area (TPSA) is 81.4 Å². The lowest BCUT2D eigenvalue weighted by Gasteiger charge is -2.12. The molecule has 0 saturated carbocycles. The van der Waals surface area contributed by atoms with Gasteiger partial charge in [0.1, 0.15) is 0 Å². The molecule has 1 unspecified atom stereocenters. The highest BCUT2D eigenvalue weighted by atomic mass is 32.2. The zero-order valence-electron chi connectivity index (χ0n) is 11.3. The Labute approximate surface area is 116 Å². The summed E-state index contributed by atoms with van der Waals surface area (Å²) in [5.74, 6) is 1.19. The molecule has 0 spiro atoms. The largest absolute Gasteiger partial charge is 0.491 e. The Morgan fingerprint density at radius 1 is 1.42 bits per heavy atom. The molecular weight excluding hydrogens is 264 g/mol. The number of anilines is 1. The number of nitrogen functional groups attached to an aromatic ring is 1. The first-order valence-corrected chi connectivity index (χ1v) is 7.73. The number of nitrogens with two attached hydrogens (primary N) is 1. The molecule has 1 atom stereocenters. The maximum atomic E-state index is 12.0. The van der Waals surface area contributed by atoms with E-state index in [1.165, 1.54) is 0 Å². The monoisotopic (exact) mass is 284 g/mol. The lowest BCUT2D eigenvalue weighted by Crippen LogP contribution is -2.28. The fraction of sp³-hybridized carbons (Fsp3) is 0.462. The van der Waals surface area contributed by atoms with Crippen LogP contribution in [0.15, 0.2) is 18.2 Å². The lowest BCUT2D eigenvalue weighted by atomic mass is 10.1. The average Bonchev–Trinajstić information content (AvgIpc) is 2.40. The van der Waals surface area contributed by atoms with Crippen LogP contribution >= 0.6 is 0 Å². The second-order valence-electron chi connectivity index (χ2n) is 3.85. The standard InChI is InChI=1S/C13H20N2O3S/c1-3-18-12-10(6-5-7-11(12)14)13(16)15-8-9-19(17)4-2/h5-7H,3-4,8-9,14H2,1-2H3,(H,15,16). The molecule has 0 aliphatic heterocycles. The molecule has 0 aliphatic carbocycles. The minimum atomic E-state index is -0.884. The third-order valence-electron chi connectivity index (χ3n) is 2.52. The van der Waals surface area contributed by atoms with Crippen molar-refractivity contribution >= 4 is 22.4 Å². The quantitative estimate of drug-likeness (QED) is 0.736. The summed E-state index contributed by atoms with van der Waals surface area (Å²) in [6.07, 6.45) is 0. The summed E-state index contributed by atoms with van der Waals surface area (Å²) in [6.45, 7) is 4.50. The summed E-state index contributed by atoms with van der Waals surface area (Å²) >= 11 is 0. The molecule has 6 heteroatoms. The van der Waals surface area contributed by atoms with Gasteiger partial charge in [0.05, 0.1) is 17.9 Å². The van der Waals surface area contributed by atoms with E-state index in [2.05, 4.69) is 5.32 Å². The van der Waals surface area contributed by atoms with Crippen molar-refractivity contribution < 1.29 is 13.7 Å². The molecule has 1 rings (SSSR count). The van der Waals surface area contributed by atoms with Crippen molar-refractivity contribution in [1.82, 2.24) is 5.32 Å². The number of hydrogen-bond acceptors (Lipinski definition) is 4. The van der Waals surface area contributed by atoms with E-state index in [-0.39, 0.29) is 5.91 Å². The van der Waals surface area contributed by atoms with Crippen LogP contribution in [0.2, 0.25) is 0 Å². The van der Waals surface area contributed by atoms with Crippen LogP contribution < -0.4 is 15.8 Å². The third kappa shape index (κ3) is 4.55. The van der Waals surface area contributed by atoms with Gasteiger partial charge in [-0.3, -0.25) is 9.00 Å². The zero-order valence-corrected chi connectivity index (χ0v) is 12.1. The third-order valence-corrected chi connectivity index (χ3v) is 3.82. The molecule has 5 nitrogen and oxygen atoms in total. The molecule has 0 radical (unpaired) electrons. The van der Waals surface area contributed by atoms with Crippen molar-refractivity contribution in [2.45, 2.75) is 13.8 Å². The van der Waals surface area contributed by atoms with Crippen molar-refractivity contribution in [3.05, 3.63) is 23.8 Å². The number of carbonyl (C=O) groups excluding carboxylic acids is 1. The minimum absolute atomic E-state index is 0.260. The van der Waals surface area contributed by atoms with Crippen LogP contribution in [0.4, 0.5) is 5.69 Å². The summed E-state index contributed by atoms with van der Waals surface area (Å²) < 4.78 is 16.7. The second kappa shape index (κ2) is 7.78. The number of benzene rings is 1. The average molecular weight is 284 g/mol. The van der Waals surface area contributed by atoms with Crippen molar-refractivity contribution in [2.75, 3.05) is 30.4 Å². The molecule has 0 bridgehead atoms. The molecule has 19 heavy (non-hydrogen) atoms. The van der Waals surface area contributed by atoms with Gasteiger partial charge >= 0.3 is 0 Å². The van der Waals surface area contributed by atoms with E-state index < -0.39 is 10.8 Å². The Morgan fingerprint density at radius 2 is 2.16 bits per heavy atom. The smallest absolute Gasteiger partial charge is 0.255 e. The normalized spacial score (nSPS) is 11.9. The summed E-state index contributed by atoms with van der Waals surface area (Å²) in [5.41, 5.74) is 6.63. The number of nitrogens with one attached hydrogen (secondary N) is 1. The van der Waals surface area contributed by atoms with Gasteiger partial charge < -0.3 is 15.8 Å². The van der Waals surface area contributed by atoms with Crippen molar-refractivity contribution in [1.29, 1.82) is 0 Å². The molecule has 0 heterocycles. The summed E-state index contributed by atoms with van der Waals surface area (Å²) in [7, 11) is -0.884. The number of carbonyl (C=O) groups is 1. The first-order valence-electron chi connectivity index (χ1n) is 6.24. The van der Waals surface area contributed by atoms with Crippen LogP contribution in [0.5, 0.6) is 5.75 Å². The van der Waals surface area contributed by atoms with E-state index in [0.29, 0.717) is 41.7 Å². The van der Waals surface area contributed by atoms with E-state index in [1.54, 1.807) is 18.2 Å². The molecule has 1 amide bonds. The van der Waals surface area contributed by atoms with E-state index in [0.717, 1.165) is 0 Å². The Balaban J connectivity index is 2.71. The fourth-order valence-electron chi connectivity index (χ4n) is 1.56. The van der Waals surface area contributed by atoms with Gasteiger partial charge in [-0.05, 0) is 19.1 Å². The minimum Gasteiger partial charge on any atom is -0.491 e. The van der Waals surface area contributed by atoms with Gasteiger partial charge in [0.25, 0.3) is 5.91 Å². The van der Waals surface area contributed by atoms with Gasteiger partial charge in [0.15, 0.2) is 5.75 Å². The zero-order chi connectivity index (χ0) is 14.3. The van der Waals surface area contributed by atoms with Crippen LogP contribution in [-0.2, 0) is 10.8 Å². The SMILES string of the molecule is CCOc1c(N)cccc1C(=O)NCCS(=O)CC. The maximum absolute atomic E-state index is 12.0. The molecule has 0 fully saturated rings. The molecule has 3 N–H and O–H groups in total. The predicted octanol–water partition coefficient (Wildman–Crippen LogP) is 1.17. The van der Waals surface area contributed by atoms with Gasteiger partial charge in [-0.2, -0.15) is 0 Å². The number of para-hydroxylation sites is 1. The fourth-order valence-corrected chi connectivity index (χ4v) is 2.18. The van der Waals surface area contributed by atoms with E-state index in [1.807, 2.05) is 13.8 Å². The Bertz CT molecular complexity index is 463.